The summed E-state index contributed by atoms with van der Waals surface area (Å²) in [7, 11) is -4.11. The molecule has 0 aliphatic heterocycles. The van der Waals surface area contributed by atoms with Crippen LogP contribution >= 0.6 is 0 Å². The zero-order chi connectivity index (χ0) is 10.1. The van der Waals surface area contributed by atoms with Crippen molar-refractivity contribution in [1.82, 2.24) is 0 Å². The zero-order valence-corrected chi connectivity index (χ0v) is 8.00. The molecule has 0 saturated heterocycles. The predicted octanol–water partition coefficient (Wildman–Crippen LogP) is 1.88. The number of hydrogen-bond donors (Lipinski definition) is 1. The Bertz CT molecular complexity index is 432. The van der Waals surface area contributed by atoms with Crippen molar-refractivity contribution in [1.29, 1.82) is 0 Å². The van der Waals surface area contributed by atoms with Gasteiger partial charge in [-0.15, -0.1) is 0 Å². The average molecular weight is 198 g/mol. The number of rotatable bonds is 2. The molecule has 0 atom stereocenters. The van der Waals surface area contributed by atoms with E-state index in [1.54, 1.807) is 19.1 Å². The molecule has 0 aliphatic rings. The van der Waals surface area contributed by atoms with Crippen LogP contribution in [0.2, 0.25) is 0 Å². The van der Waals surface area contributed by atoms with Gasteiger partial charge >= 0.3 is 0 Å². The molecule has 0 unspecified atom stereocenters. The van der Waals surface area contributed by atoms with Gasteiger partial charge in [-0.25, -0.2) is 0 Å². The van der Waals surface area contributed by atoms with Gasteiger partial charge in [-0.3, -0.25) is 4.55 Å². The van der Waals surface area contributed by atoms with Crippen molar-refractivity contribution in [2.24, 2.45) is 0 Å². The standard InChI is InChI=1S/C9H10O3S/c1-3-8-5-4-7(2)9(6-8)13(10,11)12/h3-6H,1H2,2H3,(H,10,11,12). The monoisotopic (exact) mass is 198 g/mol. The second-order valence-electron chi connectivity index (χ2n) is 2.70. The molecule has 1 aromatic rings. The fraction of sp³-hybridized carbons (Fsp3) is 0.111. The van der Waals surface area contributed by atoms with E-state index >= 15 is 0 Å². The summed E-state index contributed by atoms with van der Waals surface area (Å²) in [5.41, 5.74) is 1.19. The molecular formula is C9H10O3S. The van der Waals surface area contributed by atoms with Crippen molar-refractivity contribution in [3.63, 3.8) is 0 Å². The van der Waals surface area contributed by atoms with Crippen LogP contribution in [0.1, 0.15) is 11.1 Å². The Morgan fingerprint density at radius 2 is 2.08 bits per heavy atom. The van der Waals surface area contributed by atoms with Crippen molar-refractivity contribution in [3.8, 4) is 0 Å². The minimum Gasteiger partial charge on any atom is -0.282 e. The third kappa shape index (κ3) is 2.17. The van der Waals surface area contributed by atoms with E-state index in [9.17, 15) is 8.42 Å². The lowest BCUT2D eigenvalue weighted by atomic mass is 10.1. The van der Waals surface area contributed by atoms with Crippen molar-refractivity contribution in [3.05, 3.63) is 35.9 Å². The lowest BCUT2D eigenvalue weighted by molar-refractivity contribution is 0.482. The molecule has 0 bridgehead atoms. The average Bonchev–Trinajstić information content (AvgIpc) is 2.03. The molecule has 0 fully saturated rings. The van der Waals surface area contributed by atoms with Gasteiger partial charge in [-0.05, 0) is 24.1 Å². The van der Waals surface area contributed by atoms with Crippen molar-refractivity contribution in [2.45, 2.75) is 11.8 Å². The Kier molecular flexibility index (Phi) is 2.54. The predicted molar refractivity (Wildman–Crippen MR) is 51.1 cm³/mol. The maximum absolute atomic E-state index is 10.8. The van der Waals surface area contributed by atoms with Gasteiger partial charge in [0.2, 0.25) is 0 Å². The highest BCUT2D eigenvalue weighted by molar-refractivity contribution is 7.85. The largest absolute Gasteiger partial charge is 0.294 e. The third-order valence-corrected chi connectivity index (χ3v) is 2.72. The summed E-state index contributed by atoms with van der Waals surface area (Å²) in [6.07, 6.45) is 1.52. The van der Waals surface area contributed by atoms with E-state index in [4.69, 9.17) is 4.55 Å². The van der Waals surface area contributed by atoms with Gasteiger partial charge in [0.25, 0.3) is 10.1 Å². The molecule has 0 spiro atoms. The number of aryl methyl sites for hydroxylation is 1. The highest BCUT2D eigenvalue weighted by atomic mass is 32.2. The molecule has 1 rings (SSSR count). The molecule has 0 saturated carbocycles. The van der Waals surface area contributed by atoms with Crippen molar-refractivity contribution < 1.29 is 13.0 Å². The Labute approximate surface area is 77.5 Å². The SMILES string of the molecule is C=Cc1ccc(C)c(S(=O)(=O)O)c1. The molecule has 13 heavy (non-hydrogen) atoms. The Morgan fingerprint density at radius 3 is 2.54 bits per heavy atom. The van der Waals surface area contributed by atoms with Gasteiger partial charge in [0, 0.05) is 0 Å². The quantitative estimate of drug-likeness (QED) is 0.738. The van der Waals surface area contributed by atoms with Gasteiger partial charge < -0.3 is 0 Å². The van der Waals surface area contributed by atoms with E-state index in [0.717, 1.165) is 0 Å². The van der Waals surface area contributed by atoms with Crippen LogP contribution in [0, 0.1) is 6.92 Å². The lowest BCUT2D eigenvalue weighted by Crippen LogP contribution is -2.00. The fourth-order valence-electron chi connectivity index (χ4n) is 1.02. The van der Waals surface area contributed by atoms with Crippen molar-refractivity contribution in [2.75, 3.05) is 0 Å². The second-order valence-corrected chi connectivity index (χ2v) is 4.09. The van der Waals surface area contributed by atoms with Gasteiger partial charge in [0.05, 0.1) is 4.90 Å². The van der Waals surface area contributed by atoms with Crippen LogP contribution in [-0.4, -0.2) is 13.0 Å². The molecule has 3 nitrogen and oxygen atoms in total. The van der Waals surface area contributed by atoms with Gasteiger partial charge in [-0.1, -0.05) is 24.8 Å². The number of hydrogen-bond acceptors (Lipinski definition) is 2. The smallest absolute Gasteiger partial charge is 0.282 e. The van der Waals surface area contributed by atoms with Crippen LogP contribution in [0.3, 0.4) is 0 Å². The minimum absolute atomic E-state index is 0.0649. The summed E-state index contributed by atoms with van der Waals surface area (Å²) in [5, 5.41) is 0. The molecule has 0 aliphatic carbocycles. The van der Waals surface area contributed by atoms with Crippen LogP contribution < -0.4 is 0 Å². The summed E-state index contributed by atoms with van der Waals surface area (Å²) in [5.74, 6) is 0. The first kappa shape index (κ1) is 9.95. The molecule has 1 N–H and O–H groups in total. The molecule has 70 valence electrons. The van der Waals surface area contributed by atoms with E-state index in [0.29, 0.717) is 11.1 Å². The minimum atomic E-state index is -4.11. The highest BCUT2D eigenvalue weighted by Crippen LogP contribution is 2.16. The maximum atomic E-state index is 10.8. The molecule has 1 aromatic carbocycles. The van der Waals surface area contributed by atoms with E-state index in [-0.39, 0.29) is 4.90 Å². The van der Waals surface area contributed by atoms with Gasteiger partial charge in [-0.2, -0.15) is 8.42 Å². The highest BCUT2D eigenvalue weighted by Gasteiger charge is 2.12. The van der Waals surface area contributed by atoms with Crippen LogP contribution in [0.25, 0.3) is 6.08 Å². The van der Waals surface area contributed by atoms with E-state index in [1.807, 2.05) is 0 Å². The molecule has 0 amide bonds. The summed E-state index contributed by atoms with van der Waals surface area (Å²) >= 11 is 0. The normalized spacial score (nSPS) is 11.2. The van der Waals surface area contributed by atoms with Crippen molar-refractivity contribution >= 4 is 16.2 Å². The van der Waals surface area contributed by atoms with Crippen LogP contribution in [0.5, 0.6) is 0 Å². The first-order valence-corrected chi connectivity index (χ1v) is 5.10. The maximum Gasteiger partial charge on any atom is 0.294 e. The van der Waals surface area contributed by atoms with E-state index in [1.165, 1.54) is 12.1 Å². The van der Waals surface area contributed by atoms with Crippen LogP contribution in [-0.2, 0) is 10.1 Å². The molecule has 0 heterocycles. The summed E-state index contributed by atoms with van der Waals surface area (Å²) in [4.78, 5) is -0.0649. The molecule has 0 aromatic heterocycles. The first-order chi connectivity index (χ1) is 5.95. The number of benzene rings is 1. The van der Waals surface area contributed by atoms with Crippen LogP contribution in [0.15, 0.2) is 29.7 Å². The van der Waals surface area contributed by atoms with Gasteiger partial charge in [0.1, 0.15) is 0 Å². The molecule has 4 heteroatoms. The topological polar surface area (TPSA) is 54.4 Å². The Hall–Kier alpha value is -1.13. The summed E-state index contributed by atoms with van der Waals surface area (Å²) in [6.45, 7) is 5.13. The molecule has 0 radical (unpaired) electrons. The molecular weight excluding hydrogens is 188 g/mol. The van der Waals surface area contributed by atoms with E-state index in [2.05, 4.69) is 6.58 Å². The van der Waals surface area contributed by atoms with Crippen LogP contribution in [0.4, 0.5) is 0 Å². The fourth-order valence-corrected chi connectivity index (χ4v) is 1.78. The summed E-state index contributed by atoms with van der Waals surface area (Å²) in [6, 6.07) is 4.74. The zero-order valence-electron chi connectivity index (χ0n) is 7.19. The van der Waals surface area contributed by atoms with Gasteiger partial charge in [0.15, 0.2) is 0 Å². The second kappa shape index (κ2) is 3.32. The first-order valence-electron chi connectivity index (χ1n) is 3.65. The lowest BCUT2D eigenvalue weighted by Gasteiger charge is -2.02. The Morgan fingerprint density at radius 1 is 1.46 bits per heavy atom. The third-order valence-electron chi connectivity index (χ3n) is 1.73. The Balaban J connectivity index is 3.44. The summed E-state index contributed by atoms with van der Waals surface area (Å²) < 4.78 is 30.5. The van der Waals surface area contributed by atoms with E-state index < -0.39 is 10.1 Å².